The van der Waals surface area contributed by atoms with Gasteiger partial charge >= 0.3 is 12.1 Å². The molecule has 3 nitrogen and oxygen atoms in total. The highest BCUT2D eigenvalue weighted by atomic mass is 19.4. The Morgan fingerprint density at radius 3 is 2.20 bits per heavy atom. The number of halogens is 3. The standard InChI is InChI=1S/C9H14F3NO2/c10-9(11,12)5-13-7-3-1-6(2-4-7)8(14)15/h6-7,13H,1-5H2,(H,14,15). The highest BCUT2D eigenvalue weighted by Gasteiger charge is 2.30. The molecule has 0 atom stereocenters. The molecule has 1 fully saturated rings. The van der Waals surface area contributed by atoms with Gasteiger partial charge < -0.3 is 10.4 Å². The molecule has 0 amide bonds. The summed E-state index contributed by atoms with van der Waals surface area (Å²) in [6, 6.07) is -0.192. The Balaban J connectivity index is 2.23. The van der Waals surface area contributed by atoms with Crippen LogP contribution in [0.4, 0.5) is 13.2 Å². The van der Waals surface area contributed by atoms with Crippen molar-refractivity contribution < 1.29 is 23.1 Å². The molecule has 0 aromatic carbocycles. The van der Waals surface area contributed by atoms with Crippen LogP contribution in [0, 0.1) is 5.92 Å². The van der Waals surface area contributed by atoms with Crippen molar-refractivity contribution in [1.29, 1.82) is 0 Å². The third-order valence-electron chi connectivity index (χ3n) is 2.67. The molecule has 2 N–H and O–H groups in total. The van der Waals surface area contributed by atoms with Crippen LogP contribution in [0.3, 0.4) is 0 Å². The van der Waals surface area contributed by atoms with Crippen LogP contribution in [0.5, 0.6) is 0 Å². The summed E-state index contributed by atoms with van der Waals surface area (Å²) in [5.41, 5.74) is 0. The number of hydrogen-bond acceptors (Lipinski definition) is 2. The Morgan fingerprint density at radius 2 is 1.80 bits per heavy atom. The molecular weight excluding hydrogens is 211 g/mol. The molecule has 0 heterocycles. The molecule has 6 heteroatoms. The lowest BCUT2D eigenvalue weighted by atomic mass is 9.86. The number of carboxylic acid groups (broad SMARTS) is 1. The van der Waals surface area contributed by atoms with Crippen molar-refractivity contribution in [2.75, 3.05) is 6.54 Å². The van der Waals surface area contributed by atoms with Crippen molar-refractivity contribution in [3.05, 3.63) is 0 Å². The minimum Gasteiger partial charge on any atom is -0.481 e. The molecule has 0 aliphatic heterocycles. The van der Waals surface area contributed by atoms with Crippen LogP contribution in [0.2, 0.25) is 0 Å². The largest absolute Gasteiger partial charge is 0.481 e. The van der Waals surface area contributed by atoms with Crippen molar-refractivity contribution in [2.24, 2.45) is 5.92 Å². The fourth-order valence-electron chi connectivity index (χ4n) is 1.80. The molecule has 0 unspecified atom stereocenters. The molecule has 0 aromatic rings. The fraction of sp³-hybridized carbons (Fsp3) is 0.889. The second-order valence-corrected chi connectivity index (χ2v) is 3.88. The second-order valence-electron chi connectivity index (χ2n) is 3.88. The SMILES string of the molecule is O=C(O)C1CCC(NCC(F)(F)F)CC1. The molecular formula is C9H14F3NO2. The predicted octanol–water partition coefficient (Wildman–Crippen LogP) is 1.78. The average molecular weight is 225 g/mol. The van der Waals surface area contributed by atoms with Crippen LogP contribution in [-0.4, -0.2) is 29.8 Å². The molecule has 1 aliphatic rings. The predicted molar refractivity (Wildman–Crippen MR) is 47.4 cm³/mol. The van der Waals surface area contributed by atoms with Gasteiger partial charge in [-0.15, -0.1) is 0 Å². The maximum Gasteiger partial charge on any atom is 0.401 e. The van der Waals surface area contributed by atoms with E-state index in [9.17, 15) is 18.0 Å². The van der Waals surface area contributed by atoms with E-state index in [4.69, 9.17) is 5.11 Å². The van der Waals surface area contributed by atoms with E-state index in [0.29, 0.717) is 25.7 Å². The number of carboxylic acids is 1. The molecule has 88 valence electrons. The van der Waals surface area contributed by atoms with Gasteiger partial charge in [-0.3, -0.25) is 4.79 Å². The Hall–Kier alpha value is -0.780. The summed E-state index contributed by atoms with van der Waals surface area (Å²) < 4.78 is 35.6. The van der Waals surface area contributed by atoms with Gasteiger partial charge in [0.05, 0.1) is 12.5 Å². The molecule has 0 radical (unpaired) electrons. The third-order valence-corrected chi connectivity index (χ3v) is 2.67. The number of rotatable bonds is 3. The Labute approximate surface area is 85.7 Å². The lowest BCUT2D eigenvalue weighted by Gasteiger charge is -2.27. The van der Waals surface area contributed by atoms with Crippen molar-refractivity contribution in [1.82, 2.24) is 5.32 Å². The van der Waals surface area contributed by atoms with Gasteiger partial charge in [-0.2, -0.15) is 13.2 Å². The van der Waals surface area contributed by atoms with E-state index in [1.54, 1.807) is 0 Å². The van der Waals surface area contributed by atoms with Crippen molar-refractivity contribution in [3.63, 3.8) is 0 Å². The second kappa shape index (κ2) is 4.83. The van der Waals surface area contributed by atoms with Gasteiger partial charge in [0.15, 0.2) is 0 Å². The maximum absolute atomic E-state index is 11.9. The first-order chi connectivity index (χ1) is 6.88. The van der Waals surface area contributed by atoms with Crippen molar-refractivity contribution in [2.45, 2.75) is 37.9 Å². The topological polar surface area (TPSA) is 49.3 Å². The van der Waals surface area contributed by atoms with E-state index in [-0.39, 0.29) is 12.0 Å². The summed E-state index contributed by atoms with van der Waals surface area (Å²) in [4.78, 5) is 10.6. The summed E-state index contributed by atoms with van der Waals surface area (Å²) >= 11 is 0. The maximum atomic E-state index is 11.9. The van der Waals surface area contributed by atoms with Gasteiger partial charge in [0.1, 0.15) is 0 Å². The van der Waals surface area contributed by atoms with Crippen LogP contribution >= 0.6 is 0 Å². The molecule has 1 aliphatic carbocycles. The highest BCUT2D eigenvalue weighted by Crippen LogP contribution is 2.25. The van der Waals surface area contributed by atoms with Gasteiger partial charge in [-0.05, 0) is 25.7 Å². The number of carbonyl (C=O) groups is 1. The van der Waals surface area contributed by atoms with E-state index in [2.05, 4.69) is 5.32 Å². The number of nitrogens with one attached hydrogen (secondary N) is 1. The summed E-state index contributed by atoms with van der Waals surface area (Å²) in [6.45, 7) is -0.991. The van der Waals surface area contributed by atoms with Crippen LogP contribution in [0.15, 0.2) is 0 Å². The molecule has 0 bridgehead atoms. The zero-order valence-electron chi connectivity index (χ0n) is 8.18. The van der Waals surface area contributed by atoms with E-state index in [1.807, 2.05) is 0 Å². The molecule has 15 heavy (non-hydrogen) atoms. The number of hydrogen-bond donors (Lipinski definition) is 2. The van der Waals surface area contributed by atoms with Gasteiger partial charge in [0, 0.05) is 6.04 Å². The lowest BCUT2D eigenvalue weighted by Crippen LogP contribution is -2.40. The first-order valence-corrected chi connectivity index (χ1v) is 4.91. The summed E-state index contributed by atoms with van der Waals surface area (Å²) in [7, 11) is 0. The zero-order valence-corrected chi connectivity index (χ0v) is 8.18. The van der Waals surface area contributed by atoms with E-state index >= 15 is 0 Å². The monoisotopic (exact) mass is 225 g/mol. The van der Waals surface area contributed by atoms with Gasteiger partial charge in [-0.1, -0.05) is 0 Å². The molecule has 0 saturated heterocycles. The van der Waals surface area contributed by atoms with Gasteiger partial charge in [0.25, 0.3) is 0 Å². The third kappa shape index (κ3) is 4.51. The van der Waals surface area contributed by atoms with E-state index in [1.165, 1.54) is 0 Å². The number of aliphatic carboxylic acids is 1. The minimum atomic E-state index is -4.19. The van der Waals surface area contributed by atoms with E-state index < -0.39 is 18.7 Å². The normalized spacial score (nSPS) is 27.7. The van der Waals surface area contributed by atoms with Crippen LogP contribution in [0.1, 0.15) is 25.7 Å². The molecule has 0 spiro atoms. The first-order valence-electron chi connectivity index (χ1n) is 4.91. The van der Waals surface area contributed by atoms with Crippen LogP contribution in [-0.2, 0) is 4.79 Å². The van der Waals surface area contributed by atoms with Crippen LogP contribution in [0.25, 0.3) is 0 Å². The highest BCUT2D eigenvalue weighted by molar-refractivity contribution is 5.70. The van der Waals surface area contributed by atoms with Crippen molar-refractivity contribution >= 4 is 5.97 Å². The fourth-order valence-corrected chi connectivity index (χ4v) is 1.80. The Kier molecular flexibility index (Phi) is 3.96. The van der Waals surface area contributed by atoms with Crippen molar-refractivity contribution in [3.8, 4) is 0 Å². The van der Waals surface area contributed by atoms with Gasteiger partial charge in [0.2, 0.25) is 0 Å². The Bertz CT molecular complexity index is 222. The van der Waals surface area contributed by atoms with Gasteiger partial charge in [-0.25, -0.2) is 0 Å². The quantitative estimate of drug-likeness (QED) is 0.769. The summed E-state index contributed by atoms with van der Waals surface area (Å²) in [5.74, 6) is -1.22. The summed E-state index contributed by atoms with van der Waals surface area (Å²) in [5, 5.41) is 11.1. The molecule has 1 rings (SSSR count). The average Bonchev–Trinajstić information content (AvgIpc) is 2.14. The summed E-state index contributed by atoms with van der Waals surface area (Å²) in [6.07, 6.45) is -2.25. The lowest BCUT2D eigenvalue weighted by molar-refractivity contribution is -0.143. The molecule has 1 saturated carbocycles. The Morgan fingerprint density at radius 1 is 1.27 bits per heavy atom. The number of alkyl halides is 3. The zero-order chi connectivity index (χ0) is 11.5. The van der Waals surface area contributed by atoms with E-state index in [0.717, 1.165) is 0 Å². The smallest absolute Gasteiger partial charge is 0.401 e. The minimum absolute atomic E-state index is 0.192. The van der Waals surface area contributed by atoms with Crippen LogP contribution < -0.4 is 5.32 Å². The first kappa shape index (κ1) is 12.3. The molecule has 0 aromatic heterocycles.